The zero-order chi connectivity index (χ0) is 20.1. The lowest BCUT2D eigenvalue weighted by atomic mass is 10.3. The van der Waals surface area contributed by atoms with E-state index in [4.69, 9.17) is 4.42 Å². The van der Waals surface area contributed by atoms with Crippen LogP contribution in [0.5, 0.6) is 0 Å². The molecule has 0 aliphatic rings. The molecule has 0 aliphatic carbocycles. The van der Waals surface area contributed by atoms with Crippen LogP contribution in [-0.4, -0.2) is 32.4 Å². The predicted octanol–water partition coefficient (Wildman–Crippen LogP) is 3.61. The summed E-state index contributed by atoms with van der Waals surface area (Å²) in [6.45, 7) is 1.17. The minimum Gasteiger partial charge on any atom is -0.448 e. The molecular weight excluding hydrogens is 482 g/mol. The van der Waals surface area contributed by atoms with Gasteiger partial charge in [0.2, 0.25) is 0 Å². The Morgan fingerprint density at radius 3 is 2.66 bits per heavy atom. The molecule has 3 N–H and O–H groups in total. The van der Waals surface area contributed by atoms with Crippen LogP contribution in [0, 0.1) is 5.82 Å². The Morgan fingerprint density at radius 2 is 1.88 bits per heavy atom. The number of carbonyl (C=O) groups excluding carboxylic acids is 1. The van der Waals surface area contributed by atoms with Gasteiger partial charge >= 0.3 is 0 Å². The number of amides is 1. The first kappa shape index (κ1) is 27.3. The summed E-state index contributed by atoms with van der Waals surface area (Å²) in [6.07, 6.45) is 3.28. The van der Waals surface area contributed by atoms with Crippen LogP contribution in [0.2, 0.25) is 0 Å². The van der Waals surface area contributed by atoms with Gasteiger partial charge in [-0.05, 0) is 24.3 Å². The number of H-pyrrole nitrogens is 1. The number of rotatable bonds is 8. The fourth-order valence-electron chi connectivity index (χ4n) is 2.82. The Hall–Kier alpha value is -2.72. The molecule has 0 bridgehead atoms. The first-order valence-electron chi connectivity index (χ1n) is 9.15. The molecule has 1 amide bonds. The van der Waals surface area contributed by atoms with E-state index in [-0.39, 0.29) is 55.2 Å². The SMILES string of the molecule is Cl.Cl.Cl.O=C(NCc1ncccc1F)c1coc(CCNCc2nc3ccccc3[nH]2)n1. The van der Waals surface area contributed by atoms with Crippen molar-refractivity contribution < 1.29 is 13.6 Å². The Morgan fingerprint density at radius 1 is 1.06 bits per heavy atom. The highest BCUT2D eigenvalue weighted by Crippen LogP contribution is 2.10. The lowest BCUT2D eigenvalue weighted by Crippen LogP contribution is -2.24. The van der Waals surface area contributed by atoms with Crippen LogP contribution in [0.15, 0.2) is 53.3 Å². The third kappa shape index (κ3) is 6.89. The van der Waals surface area contributed by atoms with Gasteiger partial charge in [0.05, 0.1) is 29.8 Å². The number of hydrogen-bond donors (Lipinski definition) is 3. The second kappa shape index (κ2) is 13.0. The fourth-order valence-corrected chi connectivity index (χ4v) is 2.82. The monoisotopic (exact) mass is 502 g/mol. The van der Waals surface area contributed by atoms with Gasteiger partial charge in [0.15, 0.2) is 11.6 Å². The normalized spacial score (nSPS) is 10.0. The standard InChI is InChI=1S/C20H19FN6O2.3ClH/c21-13-4-3-8-23-16(13)10-24-20(28)17-12-29-19(27-17)7-9-22-11-18-25-14-5-1-2-6-15(14)26-18;;;/h1-6,8,12,22H,7,9-11H2,(H,24,28)(H,25,26);3*1H. The lowest BCUT2D eigenvalue weighted by Gasteiger charge is -2.03. The number of nitrogens with one attached hydrogen (secondary N) is 3. The summed E-state index contributed by atoms with van der Waals surface area (Å²) in [6, 6.07) is 10.6. The Balaban J connectivity index is 0.00000171. The number of carbonyl (C=O) groups is 1. The molecule has 0 radical (unpaired) electrons. The van der Waals surface area contributed by atoms with Gasteiger partial charge in [-0.2, -0.15) is 0 Å². The maximum absolute atomic E-state index is 13.5. The molecule has 3 heterocycles. The molecule has 0 unspecified atom stereocenters. The van der Waals surface area contributed by atoms with Crippen LogP contribution < -0.4 is 10.6 Å². The van der Waals surface area contributed by atoms with E-state index in [1.165, 1.54) is 24.6 Å². The number of oxazole rings is 1. The fraction of sp³-hybridized carbons (Fsp3) is 0.200. The zero-order valence-corrected chi connectivity index (χ0v) is 19.2. The van der Waals surface area contributed by atoms with E-state index < -0.39 is 11.7 Å². The van der Waals surface area contributed by atoms with Gasteiger partial charge in [0.1, 0.15) is 17.9 Å². The number of para-hydroxylation sites is 2. The van der Waals surface area contributed by atoms with Crippen molar-refractivity contribution in [3.05, 3.63) is 77.8 Å². The molecule has 0 saturated carbocycles. The summed E-state index contributed by atoms with van der Waals surface area (Å²) < 4.78 is 18.9. The van der Waals surface area contributed by atoms with Crippen LogP contribution in [0.3, 0.4) is 0 Å². The number of pyridine rings is 1. The van der Waals surface area contributed by atoms with Crippen molar-refractivity contribution in [2.75, 3.05) is 6.54 Å². The van der Waals surface area contributed by atoms with Gasteiger partial charge in [-0.15, -0.1) is 37.2 Å². The maximum atomic E-state index is 13.5. The number of fused-ring (bicyclic) bond motifs is 1. The molecule has 32 heavy (non-hydrogen) atoms. The first-order valence-corrected chi connectivity index (χ1v) is 9.15. The molecule has 8 nitrogen and oxygen atoms in total. The van der Waals surface area contributed by atoms with Crippen LogP contribution >= 0.6 is 37.2 Å². The summed E-state index contributed by atoms with van der Waals surface area (Å²) in [5.74, 6) is 0.376. The molecule has 0 saturated heterocycles. The molecule has 4 rings (SSSR count). The largest absolute Gasteiger partial charge is 0.448 e. The van der Waals surface area contributed by atoms with Crippen LogP contribution in [0.1, 0.15) is 27.9 Å². The number of imidazole rings is 1. The molecule has 0 atom stereocenters. The summed E-state index contributed by atoms with van der Waals surface area (Å²) in [5.41, 5.74) is 2.24. The zero-order valence-electron chi connectivity index (χ0n) is 16.7. The number of benzene rings is 1. The van der Waals surface area contributed by atoms with Crippen molar-refractivity contribution in [3.8, 4) is 0 Å². The molecule has 1 aromatic carbocycles. The number of hydrogen-bond acceptors (Lipinski definition) is 6. The summed E-state index contributed by atoms with van der Waals surface area (Å²) in [4.78, 5) is 27.9. The van der Waals surface area contributed by atoms with Crippen LogP contribution in [0.25, 0.3) is 11.0 Å². The molecule has 0 spiro atoms. The lowest BCUT2D eigenvalue weighted by molar-refractivity contribution is 0.0945. The Labute approximate surface area is 202 Å². The van der Waals surface area contributed by atoms with Gasteiger partial charge in [0.25, 0.3) is 5.91 Å². The van der Waals surface area contributed by atoms with E-state index in [2.05, 4.69) is 30.6 Å². The van der Waals surface area contributed by atoms with Gasteiger partial charge in [-0.3, -0.25) is 9.78 Å². The van der Waals surface area contributed by atoms with Gasteiger partial charge in [-0.1, -0.05) is 12.1 Å². The van der Waals surface area contributed by atoms with Gasteiger partial charge < -0.3 is 20.0 Å². The van der Waals surface area contributed by atoms with Gasteiger partial charge in [-0.25, -0.2) is 14.4 Å². The van der Waals surface area contributed by atoms with E-state index >= 15 is 0 Å². The minimum absolute atomic E-state index is 0. The second-order valence-electron chi connectivity index (χ2n) is 6.37. The predicted molar refractivity (Wildman–Crippen MR) is 125 cm³/mol. The Bertz CT molecular complexity index is 1100. The number of nitrogens with zero attached hydrogens (tertiary/aromatic N) is 3. The number of aromatic amines is 1. The van der Waals surface area contributed by atoms with E-state index in [0.29, 0.717) is 25.4 Å². The van der Waals surface area contributed by atoms with Crippen molar-refractivity contribution in [2.24, 2.45) is 0 Å². The first-order chi connectivity index (χ1) is 14.2. The highest BCUT2D eigenvalue weighted by Gasteiger charge is 2.13. The summed E-state index contributed by atoms with van der Waals surface area (Å²) >= 11 is 0. The quantitative estimate of drug-likeness (QED) is 0.317. The van der Waals surface area contributed by atoms with Crippen LogP contribution in [-0.2, 0) is 19.5 Å². The third-order valence-electron chi connectivity index (χ3n) is 4.28. The van der Waals surface area contributed by atoms with E-state index in [1.54, 1.807) is 0 Å². The highest BCUT2D eigenvalue weighted by atomic mass is 35.5. The number of aromatic nitrogens is 4. The van der Waals surface area contributed by atoms with Gasteiger partial charge in [0, 0.05) is 19.2 Å². The van der Waals surface area contributed by atoms with E-state index in [1.807, 2.05) is 24.3 Å². The second-order valence-corrected chi connectivity index (χ2v) is 6.37. The van der Waals surface area contributed by atoms with Crippen molar-refractivity contribution in [1.29, 1.82) is 0 Å². The molecule has 0 aliphatic heterocycles. The molecule has 172 valence electrons. The number of halogens is 4. The minimum atomic E-state index is -0.468. The molecular formula is C20H22Cl3FN6O2. The topological polar surface area (TPSA) is 109 Å². The molecule has 4 aromatic rings. The van der Waals surface area contributed by atoms with Crippen LogP contribution in [0.4, 0.5) is 4.39 Å². The van der Waals surface area contributed by atoms with E-state index in [9.17, 15) is 9.18 Å². The molecule has 0 fully saturated rings. The average Bonchev–Trinajstić information content (AvgIpc) is 3.37. The smallest absolute Gasteiger partial charge is 0.273 e. The van der Waals surface area contributed by atoms with E-state index in [0.717, 1.165) is 16.9 Å². The van der Waals surface area contributed by atoms with Crippen molar-refractivity contribution in [1.82, 2.24) is 30.6 Å². The third-order valence-corrected chi connectivity index (χ3v) is 4.28. The summed E-state index contributed by atoms with van der Waals surface area (Å²) in [5, 5.41) is 5.84. The van der Waals surface area contributed by atoms with Crippen molar-refractivity contribution in [3.63, 3.8) is 0 Å². The highest BCUT2D eigenvalue weighted by molar-refractivity contribution is 5.91. The molecule has 12 heteroatoms. The Kier molecular flexibility index (Phi) is 11.1. The van der Waals surface area contributed by atoms with Crippen molar-refractivity contribution >= 4 is 54.2 Å². The molecule has 3 aromatic heterocycles. The summed E-state index contributed by atoms with van der Waals surface area (Å²) in [7, 11) is 0. The van der Waals surface area contributed by atoms with Crippen molar-refractivity contribution in [2.45, 2.75) is 19.5 Å². The average molecular weight is 504 g/mol. The maximum Gasteiger partial charge on any atom is 0.273 e.